The second-order valence-corrected chi connectivity index (χ2v) is 11.9. The van der Waals surface area contributed by atoms with Crippen LogP contribution in [0.2, 0.25) is 0 Å². The first-order valence-electron chi connectivity index (χ1n) is 15.3. The van der Waals surface area contributed by atoms with Gasteiger partial charge in [0, 0.05) is 34.3 Å². The molecule has 280 valence electrons. The highest BCUT2D eigenvalue weighted by Crippen LogP contribution is 2.27. The summed E-state index contributed by atoms with van der Waals surface area (Å²) in [7, 11) is 0. The zero-order valence-electron chi connectivity index (χ0n) is 27.9. The zero-order chi connectivity index (χ0) is 38.7. The number of amides is 2. The van der Waals surface area contributed by atoms with E-state index in [9.17, 15) is 41.1 Å². The van der Waals surface area contributed by atoms with Crippen LogP contribution in [-0.4, -0.2) is 86.1 Å². The molecule has 1 fully saturated rings. The first kappa shape index (κ1) is 42.2. The lowest BCUT2D eigenvalue weighted by Crippen LogP contribution is -2.60. The van der Waals surface area contributed by atoms with E-state index in [2.05, 4.69) is 36.0 Å². The highest BCUT2D eigenvalue weighted by molar-refractivity contribution is 5.95. The minimum atomic E-state index is -5.08. The third-order valence-electron chi connectivity index (χ3n) is 8.02. The van der Waals surface area contributed by atoms with Gasteiger partial charge in [-0.1, -0.05) is 25.1 Å². The summed E-state index contributed by atoms with van der Waals surface area (Å²) in [6, 6.07) is 16.6. The summed E-state index contributed by atoms with van der Waals surface area (Å²) in [4.78, 5) is 50.1. The lowest BCUT2D eigenvalue weighted by Gasteiger charge is -2.45. The number of piperidine rings is 1. The summed E-state index contributed by atoms with van der Waals surface area (Å²) in [5.74, 6) is -6.10. The van der Waals surface area contributed by atoms with Gasteiger partial charge in [0.1, 0.15) is 12.4 Å². The first-order valence-corrected chi connectivity index (χ1v) is 15.3. The van der Waals surface area contributed by atoms with Crippen LogP contribution in [0.5, 0.6) is 5.75 Å². The largest absolute Gasteiger partial charge is 0.490 e. The quantitative estimate of drug-likeness (QED) is 0.113. The number of carbonyl (C=O) groups excluding carboxylic acids is 2. The summed E-state index contributed by atoms with van der Waals surface area (Å²) in [6.07, 6.45) is -8.67. The molecule has 1 aromatic heterocycles. The van der Waals surface area contributed by atoms with Gasteiger partial charge in [-0.15, -0.1) is 0 Å². The number of nitrogens with one attached hydrogen (secondary N) is 2. The van der Waals surface area contributed by atoms with E-state index in [4.69, 9.17) is 24.5 Å². The summed E-state index contributed by atoms with van der Waals surface area (Å²) >= 11 is 0. The van der Waals surface area contributed by atoms with E-state index in [1.807, 2.05) is 37.3 Å². The Morgan fingerprint density at radius 2 is 1.49 bits per heavy atom. The molecule has 3 aromatic rings. The number of carboxylic acids is 2. The second-order valence-electron chi connectivity index (χ2n) is 11.9. The molecule has 1 aliphatic rings. The fourth-order valence-electron chi connectivity index (χ4n) is 4.90. The number of aryl methyl sites for hydroxylation is 1. The lowest BCUT2D eigenvalue weighted by atomic mass is 9.86. The summed E-state index contributed by atoms with van der Waals surface area (Å²) in [6.45, 7) is 10.1. The number of nitrogens with zero attached hydrogens (tertiary/aromatic N) is 2. The van der Waals surface area contributed by atoms with Crippen molar-refractivity contribution in [2.75, 3.05) is 13.1 Å². The van der Waals surface area contributed by atoms with Crippen LogP contribution in [0.15, 0.2) is 54.6 Å². The SMILES string of the molecule is CCC(C)(C)N1CC[C@H](C(=O)NO)[C@H](NC(=O)c2ccc(OCc3cc(C)nc4ccccc34)cc2)C1.O=C(O)C(F)(F)F.O=C(O)C(F)(F)F. The number of rotatable bonds is 8. The van der Waals surface area contributed by atoms with Crippen LogP contribution in [0.1, 0.15) is 55.2 Å². The molecule has 0 unspecified atom stereocenters. The number of carbonyl (C=O) groups is 4. The van der Waals surface area contributed by atoms with Gasteiger partial charge in [-0.3, -0.25) is 24.7 Å². The van der Waals surface area contributed by atoms with Gasteiger partial charge in [-0.05, 0) is 76.6 Å². The molecule has 1 aliphatic heterocycles. The van der Waals surface area contributed by atoms with Gasteiger partial charge in [0.2, 0.25) is 5.91 Å². The number of likely N-dealkylation sites (tertiary alicyclic amines) is 1. The van der Waals surface area contributed by atoms with Crippen molar-refractivity contribution >= 4 is 34.7 Å². The topological polar surface area (TPSA) is 178 Å². The molecule has 0 saturated carbocycles. The molecule has 12 nitrogen and oxygen atoms in total. The Balaban J connectivity index is 0.000000543. The van der Waals surface area contributed by atoms with Crippen LogP contribution in [0.25, 0.3) is 10.9 Å². The van der Waals surface area contributed by atoms with Crippen molar-refractivity contribution in [1.29, 1.82) is 0 Å². The van der Waals surface area contributed by atoms with Crippen molar-refractivity contribution in [3.8, 4) is 5.75 Å². The number of fused-ring (bicyclic) bond motifs is 1. The number of aliphatic carboxylic acids is 2. The molecule has 0 radical (unpaired) electrons. The lowest BCUT2D eigenvalue weighted by molar-refractivity contribution is -0.193. The summed E-state index contributed by atoms with van der Waals surface area (Å²) in [5.41, 5.74) is 5.11. The fraction of sp³-hybridized carbons (Fsp3) is 0.424. The normalized spacial score (nSPS) is 16.5. The molecule has 51 heavy (non-hydrogen) atoms. The van der Waals surface area contributed by atoms with Crippen LogP contribution in [-0.2, 0) is 21.0 Å². The number of halogens is 6. The smallest absolute Gasteiger partial charge is 0.489 e. The van der Waals surface area contributed by atoms with E-state index in [-0.39, 0.29) is 11.4 Å². The van der Waals surface area contributed by atoms with Crippen molar-refractivity contribution in [2.45, 2.75) is 71.1 Å². The van der Waals surface area contributed by atoms with E-state index >= 15 is 0 Å². The average molecular weight is 733 g/mol. The van der Waals surface area contributed by atoms with Crippen LogP contribution >= 0.6 is 0 Å². The highest BCUT2D eigenvalue weighted by atomic mass is 19.4. The maximum Gasteiger partial charge on any atom is 0.490 e. The molecule has 0 aliphatic carbocycles. The summed E-state index contributed by atoms with van der Waals surface area (Å²) < 4.78 is 69.5. The monoisotopic (exact) mass is 732 g/mol. The Labute approximate surface area is 288 Å². The van der Waals surface area contributed by atoms with Crippen LogP contribution in [0, 0.1) is 12.8 Å². The first-order chi connectivity index (χ1) is 23.6. The van der Waals surface area contributed by atoms with Gasteiger partial charge in [0.05, 0.1) is 17.5 Å². The number of hydrogen-bond donors (Lipinski definition) is 5. The summed E-state index contributed by atoms with van der Waals surface area (Å²) in [5, 5.41) is 27.6. The fourth-order valence-corrected chi connectivity index (χ4v) is 4.90. The van der Waals surface area contributed by atoms with Crippen molar-refractivity contribution in [2.24, 2.45) is 5.92 Å². The number of aromatic nitrogens is 1. The maximum absolute atomic E-state index is 13.1. The average Bonchev–Trinajstić information content (AvgIpc) is 3.06. The third-order valence-corrected chi connectivity index (χ3v) is 8.02. The Morgan fingerprint density at radius 3 is 2.00 bits per heavy atom. The molecular weight excluding hydrogens is 694 g/mol. The standard InChI is InChI=1S/C29H36N4O4.2C2HF3O2/c1-5-29(3,4)33-15-14-24(28(35)32-36)26(17-33)31-27(34)20-10-12-22(13-11-20)37-18-21-16-19(2)30-25-9-7-6-8-23(21)25;2*3-2(4,5)1(6)7/h6-13,16,24,26,36H,5,14-15,17-18H2,1-4H3,(H,31,34)(H,32,35);2*(H,6,7)/t24-,26+;;/m0../s1. The number of carboxylic acid groups (broad SMARTS) is 2. The maximum atomic E-state index is 13.1. The van der Waals surface area contributed by atoms with Gasteiger partial charge in [0.25, 0.3) is 5.91 Å². The molecule has 4 rings (SSSR count). The number of hydrogen-bond acceptors (Lipinski definition) is 8. The third kappa shape index (κ3) is 12.7. The molecule has 18 heteroatoms. The number of alkyl halides is 6. The van der Waals surface area contributed by atoms with E-state index in [1.54, 1.807) is 29.7 Å². The molecule has 0 bridgehead atoms. The van der Waals surface area contributed by atoms with E-state index in [0.29, 0.717) is 30.9 Å². The highest BCUT2D eigenvalue weighted by Gasteiger charge is 2.40. The van der Waals surface area contributed by atoms with Crippen molar-refractivity contribution < 1.29 is 65.7 Å². The molecule has 2 atom stereocenters. The van der Waals surface area contributed by atoms with E-state index in [1.165, 1.54) is 0 Å². The molecule has 5 N–H and O–H groups in total. The van der Waals surface area contributed by atoms with E-state index in [0.717, 1.165) is 35.1 Å². The predicted octanol–water partition coefficient (Wildman–Crippen LogP) is 5.50. The second kappa shape index (κ2) is 17.8. The van der Waals surface area contributed by atoms with Crippen LogP contribution < -0.4 is 15.5 Å². The number of ether oxygens (including phenoxy) is 1. The van der Waals surface area contributed by atoms with Gasteiger partial charge >= 0.3 is 24.3 Å². The number of para-hydroxylation sites is 1. The zero-order valence-corrected chi connectivity index (χ0v) is 27.9. The van der Waals surface area contributed by atoms with Crippen LogP contribution in [0.4, 0.5) is 26.3 Å². The van der Waals surface area contributed by atoms with Crippen molar-refractivity contribution in [3.05, 3.63) is 71.4 Å². The number of pyridine rings is 1. The van der Waals surface area contributed by atoms with Gasteiger partial charge in [0.15, 0.2) is 0 Å². The molecule has 2 aromatic carbocycles. The minimum absolute atomic E-state index is 0.0543. The number of benzene rings is 2. The Hall–Kier alpha value is -4.97. The molecular formula is C33H38F6N4O8. The minimum Gasteiger partial charge on any atom is -0.489 e. The number of hydroxylamine groups is 1. The molecule has 2 amide bonds. The Morgan fingerprint density at radius 1 is 0.941 bits per heavy atom. The Kier molecular flexibility index (Phi) is 14.7. The predicted molar refractivity (Wildman–Crippen MR) is 170 cm³/mol. The molecule has 0 spiro atoms. The van der Waals surface area contributed by atoms with Crippen molar-refractivity contribution in [3.63, 3.8) is 0 Å². The molecule has 1 saturated heterocycles. The molecule has 2 heterocycles. The Bertz CT molecular complexity index is 1640. The van der Waals surface area contributed by atoms with Crippen molar-refractivity contribution in [1.82, 2.24) is 20.7 Å². The van der Waals surface area contributed by atoms with Gasteiger partial charge in [-0.2, -0.15) is 26.3 Å². The van der Waals surface area contributed by atoms with Gasteiger partial charge in [-0.25, -0.2) is 15.1 Å². The van der Waals surface area contributed by atoms with E-state index < -0.39 is 42.2 Å². The van der Waals surface area contributed by atoms with Gasteiger partial charge < -0.3 is 20.3 Å². The van der Waals surface area contributed by atoms with Crippen LogP contribution in [0.3, 0.4) is 0 Å².